The van der Waals surface area contributed by atoms with Crippen LogP contribution in [0.3, 0.4) is 0 Å². The highest BCUT2D eigenvalue weighted by Crippen LogP contribution is 2.30. The molecule has 0 aromatic heterocycles. The number of carbonyl (C=O) groups excluding carboxylic acids is 3. The van der Waals surface area contributed by atoms with Crippen molar-refractivity contribution in [1.29, 1.82) is 0 Å². The molecule has 0 saturated carbocycles. The summed E-state index contributed by atoms with van der Waals surface area (Å²) in [6.07, 6.45) is 1.66. The van der Waals surface area contributed by atoms with Gasteiger partial charge in [-0.1, -0.05) is 30.3 Å². The van der Waals surface area contributed by atoms with Gasteiger partial charge in [0.2, 0.25) is 11.5 Å². The number of nitrogens with two attached hydrogens (primary N) is 1. The molecule has 160 valence electrons. The molecule has 1 fully saturated rings. The summed E-state index contributed by atoms with van der Waals surface area (Å²) in [6.45, 7) is 1.67. The number of rotatable bonds is 4. The first-order chi connectivity index (χ1) is 14.9. The summed E-state index contributed by atoms with van der Waals surface area (Å²) in [4.78, 5) is 39.5. The summed E-state index contributed by atoms with van der Waals surface area (Å²) in [5.41, 5.74) is 8.50. The third-order valence-electron chi connectivity index (χ3n) is 5.83. The Kier molecular flexibility index (Phi) is 5.48. The molecule has 1 saturated heterocycles. The maximum atomic E-state index is 13.0. The molecule has 0 unspecified atom stereocenters. The lowest BCUT2D eigenvalue weighted by Gasteiger charge is -2.32. The number of aliphatic hydroxyl groups excluding tert-OH is 2. The van der Waals surface area contributed by atoms with Gasteiger partial charge in [-0.25, -0.2) is 4.90 Å². The largest absolute Gasteiger partial charge is 0.500 e. The maximum Gasteiger partial charge on any atom is 0.304 e. The van der Waals surface area contributed by atoms with E-state index in [1.54, 1.807) is 17.0 Å². The van der Waals surface area contributed by atoms with Crippen LogP contribution in [-0.4, -0.2) is 45.9 Å². The maximum absolute atomic E-state index is 13.0. The van der Waals surface area contributed by atoms with Crippen LogP contribution in [0.25, 0.3) is 0 Å². The lowest BCUT2D eigenvalue weighted by Crippen LogP contribution is -2.38. The number of nitrogens with zero attached hydrogens (tertiary/aromatic N) is 2. The summed E-state index contributed by atoms with van der Waals surface area (Å²) in [5.74, 6) is -3.87. The number of carbonyl (C=O) groups is 3. The molecular weight excluding hydrogens is 398 g/mol. The van der Waals surface area contributed by atoms with Crippen LogP contribution in [-0.2, 0) is 16.1 Å². The Hall–Kier alpha value is -3.65. The first kappa shape index (κ1) is 20.6. The fourth-order valence-electron chi connectivity index (χ4n) is 4.09. The highest BCUT2D eigenvalue weighted by Gasteiger charge is 2.40. The molecule has 8 nitrogen and oxygen atoms in total. The average Bonchev–Trinajstić information content (AvgIpc) is 3.01. The fourth-order valence-corrected chi connectivity index (χ4v) is 4.09. The molecule has 2 aromatic rings. The molecule has 2 aromatic carbocycles. The Morgan fingerprint density at radius 2 is 1.61 bits per heavy atom. The van der Waals surface area contributed by atoms with E-state index >= 15 is 0 Å². The van der Waals surface area contributed by atoms with Gasteiger partial charge in [0.1, 0.15) is 0 Å². The van der Waals surface area contributed by atoms with E-state index < -0.39 is 23.3 Å². The summed E-state index contributed by atoms with van der Waals surface area (Å²) in [7, 11) is 0. The summed E-state index contributed by atoms with van der Waals surface area (Å²) >= 11 is 0. The lowest BCUT2D eigenvalue weighted by atomic mass is 9.88. The van der Waals surface area contributed by atoms with Gasteiger partial charge in [-0.05, 0) is 48.1 Å². The van der Waals surface area contributed by atoms with Crippen molar-refractivity contribution >= 4 is 23.4 Å². The van der Waals surface area contributed by atoms with Gasteiger partial charge in [0.15, 0.2) is 0 Å². The Morgan fingerprint density at radius 3 is 2.26 bits per heavy atom. The molecule has 0 spiro atoms. The SMILES string of the molecule is NCc1cccc(C2CCN(C(=O)c3cccc(N4C(=O)C(O)=C(O)C4=O)c3)CC2)c1. The predicted molar refractivity (Wildman–Crippen MR) is 113 cm³/mol. The van der Waals surface area contributed by atoms with Crippen LogP contribution >= 0.6 is 0 Å². The summed E-state index contributed by atoms with van der Waals surface area (Å²) < 4.78 is 0. The van der Waals surface area contributed by atoms with Gasteiger partial charge < -0.3 is 20.8 Å². The van der Waals surface area contributed by atoms with Gasteiger partial charge >= 0.3 is 11.8 Å². The Bertz CT molecular complexity index is 1060. The molecule has 0 radical (unpaired) electrons. The number of aliphatic hydroxyl groups is 2. The predicted octanol–water partition coefficient (Wildman–Crippen LogP) is 2.37. The zero-order valence-electron chi connectivity index (χ0n) is 16.8. The van der Waals surface area contributed by atoms with Crippen LogP contribution in [0.2, 0.25) is 0 Å². The van der Waals surface area contributed by atoms with Crippen LogP contribution in [0.1, 0.15) is 40.2 Å². The number of benzene rings is 2. The van der Waals surface area contributed by atoms with Gasteiger partial charge in [-0.15, -0.1) is 0 Å². The van der Waals surface area contributed by atoms with Crippen LogP contribution in [0.5, 0.6) is 0 Å². The van der Waals surface area contributed by atoms with Crippen molar-refractivity contribution < 1.29 is 24.6 Å². The molecule has 4 rings (SSSR count). The van der Waals surface area contributed by atoms with E-state index in [1.807, 2.05) is 12.1 Å². The van der Waals surface area contributed by atoms with Crippen LogP contribution in [0, 0.1) is 0 Å². The molecule has 2 aliphatic rings. The van der Waals surface area contributed by atoms with Crippen molar-refractivity contribution in [3.05, 3.63) is 76.7 Å². The average molecular weight is 421 g/mol. The van der Waals surface area contributed by atoms with Gasteiger partial charge in [-0.2, -0.15) is 0 Å². The zero-order chi connectivity index (χ0) is 22.1. The Morgan fingerprint density at radius 1 is 0.968 bits per heavy atom. The molecule has 0 aliphatic carbocycles. The molecular formula is C23H23N3O5. The second-order valence-electron chi connectivity index (χ2n) is 7.71. The molecule has 8 heteroatoms. The van der Waals surface area contributed by atoms with Crippen molar-refractivity contribution in [2.45, 2.75) is 25.3 Å². The first-order valence-corrected chi connectivity index (χ1v) is 10.1. The van der Waals surface area contributed by atoms with Gasteiger partial charge in [-0.3, -0.25) is 14.4 Å². The minimum atomic E-state index is -1.02. The smallest absolute Gasteiger partial charge is 0.304 e. The number of hydrogen-bond donors (Lipinski definition) is 3. The Labute approximate surface area is 179 Å². The standard InChI is InChI=1S/C23H23N3O5/c24-13-14-3-1-4-16(11-14)15-7-9-25(10-8-15)21(29)17-5-2-6-18(12-17)26-22(30)19(27)20(28)23(26)31/h1-6,11-12,15,27-28H,7-10,13,24H2. The van der Waals surface area contributed by atoms with Crippen molar-refractivity contribution in [3.63, 3.8) is 0 Å². The minimum Gasteiger partial charge on any atom is -0.500 e. The number of piperidine rings is 1. The van der Waals surface area contributed by atoms with E-state index in [4.69, 9.17) is 5.73 Å². The number of imide groups is 1. The minimum absolute atomic E-state index is 0.116. The highest BCUT2D eigenvalue weighted by molar-refractivity contribution is 6.31. The van der Waals surface area contributed by atoms with E-state index in [0.29, 0.717) is 36.0 Å². The second kappa shape index (κ2) is 8.23. The van der Waals surface area contributed by atoms with E-state index in [-0.39, 0.29) is 11.6 Å². The highest BCUT2D eigenvalue weighted by atomic mass is 16.3. The zero-order valence-corrected chi connectivity index (χ0v) is 16.8. The number of hydrogen-bond acceptors (Lipinski definition) is 6. The van der Waals surface area contributed by atoms with E-state index in [1.165, 1.54) is 17.7 Å². The second-order valence-corrected chi connectivity index (χ2v) is 7.71. The van der Waals surface area contributed by atoms with Crippen molar-refractivity contribution in [3.8, 4) is 0 Å². The van der Waals surface area contributed by atoms with Crippen LogP contribution in [0.4, 0.5) is 5.69 Å². The number of likely N-dealkylation sites (tertiary alicyclic amines) is 1. The fraction of sp³-hybridized carbons (Fsp3) is 0.261. The normalized spacial score (nSPS) is 17.6. The molecule has 3 amide bonds. The van der Waals surface area contributed by atoms with E-state index in [0.717, 1.165) is 18.4 Å². The Balaban J connectivity index is 1.46. The lowest BCUT2D eigenvalue weighted by molar-refractivity contribution is -0.122. The molecule has 0 bridgehead atoms. The van der Waals surface area contributed by atoms with Crippen LogP contribution in [0.15, 0.2) is 60.0 Å². The van der Waals surface area contributed by atoms with Gasteiger partial charge in [0, 0.05) is 25.2 Å². The van der Waals surface area contributed by atoms with Crippen molar-refractivity contribution in [1.82, 2.24) is 4.90 Å². The van der Waals surface area contributed by atoms with Gasteiger partial charge in [0.25, 0.3) is 5.91 Å². The van der Waals surface area contributed by atoms with Crippen molar-refractivity contribution in [2.24, 2.45) is 5.73 Å². The van der Waals surface area contributed by atoms with Crippen LogP contribution < -0.4 is 10.6 Å². The van der Waals surface area contributed by atoms with Crippen molar-refractivity contribution in [2.75, 3.05) is 18.0 Å². The molecule has 2 heterocycles. The monoisotopic (exact) mass is 421 g/mol. The quantitative estimate of drug-likeness (QED) is 0.651. The summed E-state index contributed by atoms with van der Waals surface area (Å²) in [6, 6.07) is 14.3. The molecule has 4 N–H and O–H groups in total. The van der Waals surface area contributed by atoms with E-state index in [9.17, 15) is 24.6 Å². The summed E-state index contributed by atoms with van der Waals surface area (Å²) in [5, 5.41) is 19.1. The van der Waals surface area contributed by atoms with E-state index in [2.05, 4.69) is 12.1 Å². The molecule has 31 heavy (non-hydrogen) atoms. The third-order valence-corrected chi connectivity index (χ3v) is 5.83. The number of amides is 3. The molecule has 2 aliphatic heterocycles. The van der Waals surface area contributed by atoms with Gasteiger partial charge in [0.05, 0.1) is 5.69 Å². The first-order valence-electron chi connectivity index (χ1n) is 10.1. The molecule has 0 atom stereocenters. The third kappa shape index (κ3) is 3.77. The number of anilines is 1. The topological polar surface area (TPSA) is 124 Å².